The first-order valence-electron chi connectivity index (χ1n) is 10.4. The van der Waals surface area contributed by atoms with Crippen LogP contribution in [0.2, 0.25) is 0 Å². The van der Waals surface area contributed by atoms with E-state index in [2.05, 4.69) is 12.2 Å². The molecule has 0 atom stereocenters. The van der Waals surface area contributed by atoms with Crippen molar-refractivity contribution in [3.63, 3.8) is 0 Å². The Morgan fingerprint density at radius 1 is 1.17 bits per heavy atom. The van der Waals surface area contributed by atoms with Gasteiger partial charge in [0.25, 0.3) is 5.91 Å². The van der Waals surface area contributed by atoms with Gasteiger partial charge in [-0.1, -0.05) is 19.1 Å². The van der Waals surface area contributed by atoms with Crippen molar-refractivity contribution in [3.05, 3.63) is 29.8 Å². The smallest absolute Gasteiger partial charge is 0.325 e. The van der Waals surface area contributed by atoms with E-state index in [4.69, 9.17) is 0 Å². The summed E-state index contributed by atoms with van der Waals surface area (Å²) in [5, 5.41) is 2.88. The number of hydrogen-bond acceptors (Lipinski definition) is 4. The van der Waals surface area contributed by atoms with E-state index in [0.717, 1.165) is 29.0 Å². The van der Waals surface area contributed by atoms with Gasteiger partial charge in [-0.2, -0.15) is 0 Å². The van der Waals surface area contributed by atoms with Gasteiger partial charge in [-0.3, -0.25) is 14.5 Å². The molecule has 7 heteroatoms. The Labute approximate surface area is 173 Å². The zero-order valence-corrected chi connectivity index (χ0v) is 17.9. The molecule has 7 nitrogen and oxygen atoms in total. The van der Waals surface area contributed by atoms with E-state index < -0.39 is 11.6 Å². The summed E-state index contributed by atoms with van der Waals surface area (Å²) in [6.45, 7) is 4.84. The minimum absolute atomic E-state index is 0.203. The van der Waals surface area contributed by atoms with Crippen molar-refractivity contribution in [1.29, 1.82) is 0 Å². The predicted molar refractivity (Wildman–Crippen MR) is 112 cm³/mol. The standard InChI is InChI=1S/C22H32N4O3/c1-5-25(14-17-6-8-18(9-7-17)24(3)4)19(27)15-26-20(28)22(23-21(26)29)12-10-16(2)11-13-22/h6-9,16H,5,10-15H2,1-4H3,(H,23,29). The van der Waals surface area contributed by atoms with Gasteiger partial charge in [0.2, 0.25) is 5.91 Å². The van der Waals surface area contributed by atoms with Gasteiger partial charge in [-0.05, 0) is 56.2 Å². The molecule has 1 aliphatic carbocycles. The summed E-state index contributed by atoms with van der Waals surface area (Å²) in [4.78, 5) is 43.1. The first-order chi connectivity index (χ1) is 13.8. The highest BCUT2D eigenvalue weighted by Gasteiger charge is 2.52. The van der Waals surface area contributed by atoms with E-state index in [-0.39, 0.29) is 18.4 Å². The fourth-order valence-electron chi connectivity index (χ4n) is 4.15. The highest BCUT2D eigenvalue weighted by molar-refractivity contribution is 6.09. The van der Waals surface area contributed by atoms with Crippen LogP contribution >= 0.6 is 0 Å². The number of hydrogen-bond donors (Lipinski definition) is 1. The Kier molecular flexibility index (Phi) is 6.15. The molecule has 1 aromatic carbocycles. The van der Waals surface area contributed by atoms with Crippen molar-refractivity contribution in [2.45, 2.75) is 51.6 Å². The topological polar surface area (TPSA) is 73.0 Å². The van der Waals surface area contributed by atoms with Gasteiger partial charge in [-0.25, -0.2) is 4.79 Å². The van der Waals surface area contributed by atoms with Crippen molar-refractivity contribution in [2.24, 2.45) is 5.92 Å². The summed E-state index contributed by atoms with van der Waals surface area (Å²) in [6, 6.07) is 7.58. The minimum Gasteiger partial charge on any atom is -0.378 e. The van der Waals surface area contributed by atoms with Crippen molar-refractivity contribution in [2.75, 3.05) is 32.1 Å². The number of nitrogens with one attached hydrogen (secondary N) is 1. The first kappa shape index (κ1) is 21.1. The summed E-state index contributed by atoms with van der Waals surface area (Å²) in [7, 11) is 3.96. The van der Waals surface area contributed by atoms with Crippen LogP contribution in [-0.4, -0.2) is 60.4 Å². The van der Waals surface area contributed by atoms with Crippen molar-refractivity contribution >= 4 is 23.5 Å². The van der Waals surface area contributed by atoms with Crippen LogP contribution in [0.3, 0.4) is 0 Å². The fraction of sp³-hybridized carbons (Fsp3) is 0.591. The van der Waals surface area contributed by atoms with Gasteiger partial charge in [0.1, 0.15) is 12.1 Å². The Hall–Kier alpha value is -2.57. The number of carbonyl (C=O) groups is 3. The molecule has 158 valence electrons. The van der Waals surface area contributed by atoms with Gasteiger partial charge in [0.05, 0.1) is 0 Å². The van der Waals surface area contributed by atoms with Crippen LogP contribution in [-0.2, 0) is 16.1 Å². The van der Waals surface area contributed by atoms with Crippen molar-refractivity contribution < 1.29 is 14.4 Å². The van der Waals surface area contributed by atoms with Crippen LogP contribution in [0.15, 0.2) is 24.3 Å². The van der Waals surface area contributed by atoms with Crippen LogP contribution in [0.5, 0.6) is 0 Å². The third kappa shape index (κ3) is 4.38. The molecule has 2 fully saturated rings. The van der Waals surface area contributed by atoms with Crippen molar-refractivity contribution in [3.8, 4) is 0 Å². The van der Waals surface area contributed by atoms with Gasteiger partial charge >= 0.3 is 6.03 Å². The summed E-state index contributed by atoms with van der Waals surface area (Å²) < 4.78 is 0. The van der Waals surface area contributed by atoms with E-state index in [1.807, 2.05) is 50.2 Å². The normalized spacial score (nSPS) is 24.0. The number of imide groups is 1. The van der Waals surface area contributed by atoms with Crippen LogP contribution in [0.4, 0.5) is 10.5 Å². The molecule has 0 unspecified atom stereocenters. The Morgan fingerprint density at radius 3 is 2.34 bits per heavy atom. The second-order valence-electron chi connectivity index (χ2n) is 8.55. The SMILES string of the molecule is CCN(Cc1ccc(N(C)C)cc1)C(=O)CN1C(=O)NC2(CCC(C)CC2)C1=O. The number of rotatable bonds is 6. The molecule has 1 aromatic rings. The van der Waals surface area contributed by atoms with Crippen LogP contribution in [0, 0.1) is 5.92 Å². The maximum atomic E-state index is 13.0. The van der Waals surface area contributed by atoms with Crippen LogP contribution in [0.25, 0.3) is 0 Å². The zero-order valence-electron chi connectivity index (χ0n) is 17.9. The lowest BCUT2D eigenvalue weighted by Crippen LogP contribution is -2.50. The first-order valence-corrected chi connectivity index (χ1v) is 10.4. The lowest BCUT2D eigenvalue weighted by Gasteiger charge is -2.33. The van der Waals surface area contributed by atoms with Crippen LogP contribution < -0.4 is 10.2 Å². The van der Waals surface area contributed by atoms with E-state index >= 15 is 0 Å². The number of benzene rings is 1. The summed E-state index contributed by atoms with van der Waals surface area (Å²) in [6.07, 6.45) is 3.13. The largest absolute Gasteiger partial charge is 0.378 e. The molecule has 29 heavy (non-hydrogen) atoms. The van der Waals surface area contributed by atoms with Gasteiger partial charge < -0.3 is 15.1 Å². The molecule has 1 heterocycles. The monoisotopic (exact) mass is 400 g/mol. The van der Waals surface area contributed by atoms with E-state index in [9.17, 15) is 14.4 Å². The lowest BCUT2D eigenvalue weighted by molar-refractivity contribution is -0.139. The van der Waals surface area contributed by atoms with Crippen LogP contribution in [0.1, 0.15) is 45.1 Å². The summed E-state index contributed by atoms with van der Waals surface area (Å²) in [5.74, 6) is 0.110. The molecule has 1 aliphatic heterocycles. The second-order valence-corrected chi connectivity index (χ2v) is 8.55. The summed E-state index contributed by atoms with van der Waals surface area (Å²) >= 11 is 0. The Morgan fingerprint density at radius 2 is 1.79 bits per heavy atom. The molecule has 3 rings (SSSR count). The highest BCUT2D eigenvalue weighted by Crippen LogP contribution is 2.36. The third-order valence-corrected chi connectivity index (χ3v) is 6.23. The molecule has 4 amide bonds. The molecular weight excluding hydrogens is 368 g/mol. The number of likely N-dealkylation sites (N-methyl/N-ethyl adjacent to an activating group) is 1. The number of urea groups is 1. The van der Waals surface area contributed by atoms with Gasteiger partial charge in [-0.15, -0.1) is 0 Å². The average molecular weight is 401 g/mol. The molecule has 1 saturated heterocycles. The fourth-order valence-corrected chi connectivity index (χ4v) is 4.15. The van der Waals surface area contributed by atoms with E-state index in [1.54, 1.807) is 4.90 Å². The average Bonchev–Trinajstić information content (AvgIpc) is 2.93. The Balaban J connectivity index is 1.64. The molecule has 1 spiro atoms. The zero-order chi connectivity index (χ0) is 21.2. The van der Waals surface area contributed by atoms with E-state index in [0.29, 0.717) is 31.8 Å². The van der Waals surface area contributed by atoms with E-state index in [1.165, 1.54) is 0 Å². The third-order valence-electron chi connectivity index (χ3n) is 6.23. The molecule has 2 aliphatic rings. The van der Waals surface area contributed by atoms with Gasteiger partial charge in [0.15, 0.2) is 0 Å². The van der Waals surface area contributed by atoms with Crippen molar-refractivity contribution in [1.82, 2.24) is 15.1 Å². The predicted octanol–water partition coefficient (Wildman–Crippen LogP) is 2.60. The molecule has 0 radical (unpaired) electrons. The molecular formula is C22H32N4O3. The number of carbonyl (C=O) groups excluding carboxylic acids is 3. The molecule has 0 bridgehead atoms. The molecule has 0 aromatic heterocycles. The Bertz CT molecular complexity index is 767. The van der Waals surface area contributed by atoms with Gasteiger partial charge in [0, 0.05) is 32.9 Å². The number of anilines is 1. The number of nitrogens with zero attached hydrogens (tertiary/aromatic N) is 3. The quantitative estimate of drug-likeness (QED) is 0.745. The molecule has 1 saturated carbocycles. The summed E-state index contributed by atoms with van der Waals surface area (Å²) in [5.41, 5.74) is 1.30. The lowest BCUT2D eigenvalue weighted by atomic mass is 9.77. The molecule has 1 N–H and O–H groups in total. The minimum atomic E-state index is -0.803. The second kappa shape index (κ2) is 8.43. The maximum Gasteiger partial charge on any atom is 0.325 e. The number of amides is 4. The maximum absolute atomic E-state index is 13.0. The highest BCUT2D eigenvalue weighted by atomic mass is 16.2.